The predicted octanol–water partition coefficient (Wildman–Crippen LogP) is 3.91. The van der Waals surface area contributed by atoms with Gasteiger partial charge >= 0.3 is 0 Å². The first-order chi connectivity index (χ1) is 10.2. The average molecular weight is 284 g/mol. The molecule has 1 saturated heterocycles. The summed E-state index contributed by atoms with van der Waals surface area (Å²) in [5, 5.41) is 2.83. The Morgan fingerprint density at radius 3 is 2.71 bits per heavy atom. The van der Waals surface area contributed by atoms with Gasteiger partial charge in [0.1, 0.15) is 0 Å². The third-order valence-electron chi connectivity index (χ3n) is 4.00. The van der Waals surface area contributed by atoms with E-state index < -0.39 is 0 Å². The van der Waals surface area contributed by atoms with Crippen molar-refractivity contribution in [1.82, 2.24) is 0 Å². The van der Waals surface area contributed by atoms with Crippen LogP contribution in [0.3, 0.4) is 0 Å². The molecule has 0 unspecified atom stereocenters. The normalized spacial score (nSPS) is 18.5. The van der Waals surface area contributed by atoms with E-state index in [1.54, 1.807) is 12.1 Å². The molecule has 1 fully saturated rings. The van der Waals surface area contributed by atoms with Gasteiger partial charge in [0, 0.05) is 24.0 Å². The second kappa shape index (κ2) is 6.04. The average Bonchev–Trinajstić information content (AvgIpc) is 3.03. The number of rotatable bonds is 3. The van der Waals surface area contributed by atoms with E-state index in [0.717, 1.165) is 12.2 Å². The highest BCUT2D eigenvalue weighted by Gasteiger charge is 2.18. The number of hydrogen-bond donors (Lipinski definition) is 1. The van der Waals surface area contributed by atoms with Gasteiger partial charge in [-0.2, -0.15) is 0 Å². The van der Waals surface area contributed by atoms with Crippen LogP contribution in [0.15, 0.2) is 47.1 Å². The lowest BCUT2D eigenvalue weighted by atomic mass is 10.0. The molecule has 110 valence electrons. The summed E-state index contributed by atoms with van der Waals surface area (Å²) in [6.45, 7) is 3.38. The standard InChI is InChI=1S/C17H20N2O2/c1-13-5-2-3-11-19(13)15-9-7-14(8-10-15)18-17(20)16-6-4-12-21-16/h4,6-10,12-13H,2-3,5,11H2,1H3,(H,18,20)/t13-/m0/s1. The first kappa shape index (κ1) is 13.7. The Bertz CT molecular complexity index is 590. The van der Waals surface area contributed by atoms with Gasteiger partial charge in [-0.05, 0) is 62.6 Å². The summed E-state index contributed by atoms with van der Waals surface area (Å²) < 4.78 is 5.08. The third-order valence-corrected chi connectivity index (χ3v) is 4.00. The van der Waals surface area contributed by atoms with Crippen LogP contribution in [0.1, 0.15) is 36.7 Å². The second-order valence-electron chi connectivity index (χ2n) is 5.52. The zero-order valence-electron chi connectivity index (χ0n) is 12.2. The predicted molar refractivity (Wildman–Crippen MR) is 83.8 cm³/mol. The number of piperidine rings is 1. The molecular formula is C17H20N2O2. The smallest absolute Gasteiger partial charge is 0.291 e. The molecule has 0 bridgehead atoms. The lowest BCUT2D eigenvalue weighted by molar-refractivity contribution is 0.0996. The van der Waals surface area contributed by atoms with E-state index in [1.807, 2.05) is 12.1 Å². The van der Waals surface area contributed by atoms with Crippen LogP contribution in [0.2, 0.25) is 0 Å². The molecule has 21 heavy (non-hydrogen) atoms. The molecule has 0 aliphatic carbocycles. The van der Waals surface area contributed by atoms with Gasteiger partial charge in [0.05, 0.1) is 6.26 Å². The van der Waals surface area contributed by atoms with Crippen molar-refractivity contribution in [2.45, 2.75) is 32.2 Å². The Balaban J connectivity index is 1.68. The van der Waals surface area contributed by atoms with E-state index in [1.165, 1.54) is 31.2 Å². The van der Waals surface area contributed by atoms with Crippen molar-refractivity contribution in [2.75, 3.05) is 16.8 Å². The van der Waals surface area contributed by atoms with Crippen LogP contribution in [0, 0.1) is 0 Å². The molecule has 1 aliphatic rings. The number of hydrogen-bond acceptors (Lipinski definition) is 3. The molecule has 1 N–H and O–H groups in total. The summed E-state index contributed by atoms with van der Waals surface area (Å²) in [6, 6.07) is 12.0. The summed E-state index contributed by atoms with van der Waals surface area (Å²) >= 11 is 0. The molecule has 1 atom stereocenters. The largest absolute Gasteiger partial charge is 0.459 e. The summed E-state index contributed by atoms with van der Waals surface area (Å²) in [7, 11) is 0. The van der Waals surface area contributed by atoms with Gasteiger partial charge in [0.15, 0.2) is 5.76 Å². The monoisotopic (exact) mass is 284 g/mol. The molecular weight excluding hydrogens is 264 g/mol. The van der Waals surface area contributed by atoms with Gasteiger partial charge in [-0.1, -0.05) is 0 Å². The first-order valence-electron chi connectivity index (χ1n) is 7.45. The van der Waals surface area contributed by atoms with Crippen molar-refractivity contribution in [2.24, 2.45) is 0 Å². The number of amides is 1. The van der Waals surface area contributed by atoms with Crippen LogP contribution in [-0.4, -0.2) is 18.5 Å². The van der Waals surface area contributed by atoms with E-state index in [9.17, 15) is 4.79 Å². The van der Waals surface area contributed by atoms with Gasteiger partial charge in [0.25, 0.3) is 5.91 Å². The molecule has 2 heterocycles. The van der Waals surface area contributed by atoms with Crippen LogP contribution in [0.4, 0.5) is 11.4 Å². The molecule has 2 aromatic rings. The fourth-order valence-electron chi connectivity index (χ4n) is 2.82. The zero-order chi connectivity index (χ0) is 14.7. The summed E-state index contributed by atoms with van der Waals surface area (Å²) in [6.07, 6.45) is 5.31. The fourth-order valence-corrected chi connectivity index (χ4v) is 2.82. The van der Waals surface area contributed by atoms with Crippen molar-refractivity contribution in [1.29, 1.82) is 0 Å². The second-order valence-corrected chi connectivity index (χ2v) is 5.52. The molecule has 1 aliphatic heterocycles. The Hall–Kier alpha value is -2.23. The maximum Gasteiger partial charge on any atom is 0.291 e. The maximum absolute atomic E-state index is 11.9. The Morgan fingerprint density at radius 1 is 1.24 bits per heavy atom. The lowest BCUT2D eigenvalue weighted by Crippen LogP contribution is -2.37. The summed E-state index contributed by atoms with van der Waals surface area (Å²) in [4.78, 5) is 14.3. The fraction of sp³-hybridized carbons (Fsp3) is 0.353. The van der Waals surface area contributed by atoms with Crippen LogP contribution in [0.25, 0.3) is 0 Å². The number of furan rings is 1. The minimum absolute atomic E-state index is 0.223. The summed E-state index contributed by atoms with van der Waals surface area (Å²) in [5.74, 6) is 0.0998. The van der Waals surface area contributed by atoms with Gasteiger partial charge in [-0.3, -0.25) is 4.79 Å². The van der Waals surface area contributed by atoms with Crippen molar-refractivity contribution in [3.63, 3.8) is 0 Å². The SMILES string of the molecule is C[C@H]1CCCCN1c1ccc(NC(=O)c2ccco2)cc1. The number of nitrogens with one attached hydrogen (secondary N) is 1. The molecule has 0 radical (unpaired) electrons. The maximum atomic E-state index is 11.9. The van der Waals surface area contributed by atoms with Crippen molar-refractivity contribution < 1.29 is 9.21 Å². The number of nitrogens with zero attached hydrogens (tertiary/aromatic N) is 1. The lowest BCUT2D eigenvalue weighted by Gasteiger charge is -2.35. The zero-order valence-corrected chi connectivity index (χ0v) is 12.2. The van der Waals surface area contributed by atoms with Crippen molar-refractivity contribution in [3.8, 4) is 0 Å². The number of benzene rings is 1. The van der Waals surface area contributed by atoms with Gasteiger partial charge in [-0.15, -0.1) is 0 Å². The highest BCUT2D eigenvalue weighted by atomic mass is 16.3. The number of anilines is 2. The van der Waals surface area contributed by atoms with Crippen LogP contribution in [0.5, 0.6) is 0 Å². The molecule has 0 spiro atoms. The van der Waals surface area contributed by atoms with Crippen LogP contribution >= 0.6 is 0 Å². The van der Waals surface area contributed by atoms with Crippen LogP contribution < -0.4 is 10.2 Å². The Morgan fingerprint density at radius 2 is 2.05 bits per heavy atom. The van der Waals surface area contributed by atoms with Gasteiger partial charge in [0.2, 0.25) is 0 Å². The number of carbonyl (C=O) groups is 1. The summed E-state index contributed by atoms with van der Waals surface area (Å²) in [5.41, 5.74) is 2.00. The third kappa shape index (κ3) is 3.10. The molecule has 4 heteroatoms. The van der Waals surface area contributed by atoms with Crippen molar-refractivity contribution >= 4 is 17.3 Å². The molecule has 1 aromatic carbocycles. The Kier molecular flexibility index (Phi) is 3.95. The van der Waals surface area contributed by atoms with E-state index in [0.29, 0.717) is 11.8 Å². The van der Waals surface area contributed by atoms with E-state index >= 15 is 0 Å². The van der Waals surface area contributed by atoms with E-state index in [4.69, 9.17) is 4.42 Å². The molecule has 4 nitrogen and oxygen atoms in total. The first-order valence-corrected chi connectivity index (χ1v) is 7.45. The molecule has 1 aromatic heterocycles. The highest BCUT2D eigenvalue weighted by Crippen LogP contribution is 2.25. The molecule has 0 saturated carbocycles. The topological polar surface area (TPSA) is 45.5 Å². The van der Waals surface area contributed by atoms with E-state index in [2.05, 4.69) is 29.3 Å². The molecule has 3 rings (SSSR count). The van der Waals surface area contributed by atoms with E-state index in [-0.39, 0.29) is 5.91 Å². The minimum atomic E-state index is -0.223. The highest BCUT2D eigenvalue weighted by molar-refractivity contribution is 6.02. The Labute approximate surface area is 124 Å². The van der Waals surface area contributed by atoms with Gasteiger partial charge < -0.3 is 14.6 Å². The van der Waals surface area contributed by atoms with Crippen molar-refractivity contribution in [3.05, 3.63) is 48.4 Å². The minimum Gasteiger partial charge on any atom is -0.459 e. The quantitative estimate of drug-likeness (QED) is 0.929. The molecule has 1 amide bonds. The van der Waals surface area contributed by atoms with Crippen LogP contribution in [-0.2, 0) is 0 Å². The number of carbonyl (C=O) groups excluding carboxylic acids is 1. The van der Waals surface area contributed by atoms with Gasteiger partial charge in [-0.25, -0.2) is 0 Å².